The molecule has 3 fully saturated rings. The average Bonchev–Trinajstić information content (AvgIpc) is 3.19. The highest BCUT2D eigenvalue weighted by atomic mass is 19.1. The first-order chi connectivity index (χ1) is 11.2. The Morgan fingerprint density at radius 1 is 1.17 bits per heavy atom. The number of halogens is 1. The Bertz CT molecular complexity index is 530. The zero-order valence-corrected chi connectivity index (χ0v) is 13.6. The molecular weight excluding hydrogens is 293 g/mol. The first-order valence-electron chi connectivity index (χ1n) is 8.95. The lowest BCUT2D eigenvalue weighted by molar-refractivity contribution is 0.0418. The number of pyridine rings is 1. The van der Waals surface area contributed by atoms with E-state index in [4.69, 9.17) is 0 Å². The topological polar surface area (TPSA) is 39.6 Å². The van der Waals surface area contributed by atoms with E-state index in [9.17, 15) is 9.50 Å². The summed E-state index contributed by atoms with van der Waals surface area (Å²) in [5.41, 5.74) is 0.557. The molecule has 0 aromatic carbocycles. The molecule has 1 aliphatic heterocycles. The molecule has 0 radical (unpaired) electrons. The van der Waals surface area contributed by atoms with Crippen LogP contribution in [-0.2, 0) is 0 Å². The van der Waals surface area contributed by atoms with Crippen molar-refractivity contribution in [1.29, 1.82) is 0 Å². The second kappa shape index (κ2) is 6.46. The van der Waals surface area contributed by atoms with Gasteiger partial charge >= 0.3 is 0 Å². The Hall–Kier alpha value is -1.04. The molecule has 1 N–H and O–H groups in total. The van der Waals surface area contributed by atoms with Crippen molar-refractivity contribution in [3.05, 3.63) is 29.8 Å². The number of fused-ring (bicyclic) bond motifs is 2. The molecule has 2 aliphatic carbocycles. The summed E-state index contributed by atoms with van der Waals surface area (Å²) in [5, 5.41) is 10.3. The van der Waals surface area contributed by atoms with E-state index >= 15 is 0 Å². The van der Waals surface area contributed by atoms with E-state index in [1.807, 2.05) is 0 Å². The summed E-state index contributed by atoms with van der Waals surface area (Å²) in [5.74, 6) is 1.58. The molecule has 0 amide bonds. The highest BCUT2D eigenvalue weighted by Crippen LogP contribution is 2.46. The standard InChI is InChI=1S/C18H26FN3O/c19-15-3-4-16(20-11-15)18(23)12-21-5-7-22(8-6-21)17-10-13-1-2-14(17)9-13/h3-4,11,13-14,17-18,23H,1-2,5-10,12H2. The van der Waals surface area contributed by atoms with Crippen molar-refractivity contribution in [1.82, 2.24) is 14.8 Å². The molecule has 4 nitrogen and oxygen atoms in total. The fourth-order valence-corrected chi connectivity index (χ4v) is 4.86. The number of aliphatic hydroxyl groups is 1. The number of aliphatic hydroxyl groups excluding tert-OH is 1. The minimum absolute atomic E-state index is 0.361. The van der Waals surface area contributed by atoms with Crippen LogP contribution in [0, 0.1) is 17.7 Å². The van der Waals surface area contributed by atoms with Gasteiger partial charge < -0.3 is 5.11 Å². The van der Waals surface area contributed by atoms with Gasteiger partial charge in [-0.25, -0.2) is 4.39 Å². The summed E-state index contributed by atoms with van der Waals surface area (Å²) < 4.78 is 12.9. The molecule has 23 heavy (non-hydrogen) atoms. The molecule has 1 aromatic rings. The molecule has 0 spiro atoms. The zero-order chi connectivity index (χ0) is 15.8. The van der Waals surface area contributed by atoms with Crippen molar-refractivity contribution in [2.75, 3.05) is 32.7 Å². The Morgan fingerprint density at radius 2 is 2.00 bits per heavy atom. The molecule has 3 aliphatic rings. The van der Waals surface area contributed by atoms with E-state index in [1.54, 1.807) is 6.07 Å². The zero-order valence-electron chi connectivity index (χ0n) is 13.6. The van der Waals surface area contributed by atoms with Gasteiger partial charge in [-0.15, -0.1) is 0 Å². The minimum Gasteiger partial charge on any atom is -0.385 e. The van der Waals surface area contributed by atoms with Crippen molar-refractivity contribution in [3.63, 3.8) is 0 Å². The molecule has 4 atom stereocenters. The third-order valence-corrected chi connectivity index (χ3v) is 6.10. The smallest absolute Gasteiger partial charge is 0.141 e. The van der Waals surface area contributed by atoms with Gasteiger partial charge in [0, 0.05) is 38.8 Å². The van der Waals surface area contributed by atoms with Crippen molar-refractivity contribution in [3.8, 4) is 0 Å². The van der Waals surface area contributed by atoms with Crippen LogP contribution in [0.2, 0.25) is 0 Å². The van der Waals surface area contributed by atoms with Gasteiger partial charge in [0.2, 0.25) is 0 Å². The third kappa shape index (κ3) is 3.28. The van der Waals surface area contributed by atoms with E-state index in [0.29, 0.717) is 12.2 Å². The van der Waals surface area contributed by atoms with Crippen LogP contribution in [0.5, 0.6) is 0 Å². The fraction of sp³-hybridized carbons (Fsp3) is 0.722. The number of rotatable bonds is 4. The van der Waals surface area contributed by atoms with E-state index in [-0.39, 0.29) is 5.82 Å². The van der Waals surface area contributed by atoms with Crippen LogP contribution in [0.25, 0.3) is 0 Å². The summed E-state index contributed by atoms with van der Waals surface area (Å²) >= 11 is 0. The van der Waals surface area contributed by atoms with Gasteiger partial charge in [0.05, 0.1) is 11.9 Å². The second-order valence-electron chi connectivity index (χ2n) is 7.50. The molecule has 4 rings (SSSR count). The van der Waals surface area contributed by atoms with Crippen LogP contribution in [0.4, 0.5) is 4.39 Å². The molecular formula is C18H26FN3O. The van der Waals surface area contributed by atoms with Crippen molar-refractivity contribution < 1.29 is 9.50 Å². The molecule has 5 heteroatoms. The van der Waals surface area contributed by atoms with Crippen LogP contribution in [0.3, 0.4) is 0 Å². The molecule has 2 bridgehead atoms. The van der Waals surface area contributed by atoms with Gasteiger partial charge in [0.1, 0.15) is 11.9 Å². The fourth-order valence-electron chi connectivity index (χ4n) is 4.86. The van der Waals surface area contributed by atoms with Crippen LogP contribution in [-0.4, -0.2) is 58.7 Å². The number of hydrogen-bond donors (Lipinski definition) is 1. The van der Waals surface area contributed by atoms with Crippen molar-refractivity contribution in [2.45, 2.75) is 37.8 Å². The van der Waals surface area contributed by atoms with Crippen LogP contribution >= 0.6 is 0 Å². The first-order valence-corrected chi connectivity index (χ1v) is 8.95. The lowest BCUT2D eigenvalue weighted by Gasteiger charge is -2.41. The van der Waals surface area contributed by atoms with Gasteiger partial charge in [0.15, 0.2) is 0 Å². The van der Waals surface area contributed by atoms with Gasteiger partial charge in [0.25, 0.3) is 0 Å². The second-order valence-corrected chi connectivity index (χ2v) is 7.50. The monoisotopic (exact) mass is 319 g/mol. The molecule has 1 aromatic heterocycles. The summed E-state index contributed by atoms with van der Waals surface area (Å²) in [6.45, 7) is 4.82. The number of aromatic nitrogens is 1. The third-order valence-electron chi connectivity index (χ3n) is 6.10. The summed E-state index contributed by atoms with van der Waals surface area (Å²) in [7, 11) is 0. The van der Waals surface area contributed by atoms with Gasteiger partial charge in [-0.2, -0.15) is 0 Å². The lowest BCUT2D eigenvalue weighted by Crippen LogP contribution is -2.52. The molecule has 1 saturated heterocycles. The van der Waals surface area contributed by atoms with Gasteiger partial charge in [-0.05, 0) is 43.2 Å². The predicted octanol–water partition coefficient (Wildman–Crippen LogP) is 2.06. The van der Waals surface area contributed by atoms with E-state index < -0.39 is 6.10 Å². The predicted molar refractivity (Wildman–Crippen MR) is 86.4 cm³/mol. The highest BCUT2D eigenvalue weighted by Gasteiger charge is 2.42. The SMILES string of the molecule is OC(CN1CCN(C2CC3CCC2C3)CC1)c1ccc(F)cn1. The Labute approximate surface area is 137 Å². The van der Waals surface area contributed by atoms with Gasteiger partial charge in [-0.3, -0.25) is 14.8 Å². The van der Waals surface area contributed by atoms with Crippen LogP contribution < -0.4 is 0 Å². The van der Waals surface area contributed by atoms with Gasteiger partial charge in [-0.1, -0.05) is 6.42 Å². The average molecular weight is 319 g/mol. The quantitative estimate of drug-likeness (QED) is 0.922. The highest BCUT2D eigenvalue weighted by molar-refractivity contribution is 5.08. The Morgan fingerprint density at radius 3 is 2.61 bits per heavy atom. The van der Waals surface area contributed by atoms with Crippen molar-refractivity contribution >= 4 is 0 Å². The minimum atomic E-state index is -0.635. The van der Waals surface area contributed by atoms with E-state index in [2.05, 4.69) is 14.8 Å². The number of β-amino-alcohol motifs (C(OH)–C–C–N with tert-alkyl or cyclic N) is 1. The van der Waals surface area contributed by atoms with Crippen molar-refractivity contribution in [2.24, 2.45) is 11.8 Å². The molecule has 2 saturated carbocycles. The first kappa shape index (κ1) is 15.5. The van der Waals surface area contributed by atoms with E-state index in [1.165, 1.54) is 37.9 Å². The Balaban J connectivity index is 1.27. The number of piperazine rings is 1. The van der Waals surface area contributed by atoms with Crippen LogP contribution in [0.1, 0.15) is 37.5 Å². The molecule has 2 heterocycles. The molecule has 4 unspecified atom stereocenters. The number of hydrogen-bond acceptors (Lipinski definition) is 4. The lowest BCUT2D eigenvalue weighted by atomic mass is 9.93. The maximum atomic E-state index is 12.9. The Kier molecular flexibility index (Phi) is 4.35. The number of nitrogens with zero attached hydrogens (tertiary/aromatic N) is 3. The largest absolute Gasteiger partial charge is 0.385 e. The summed E-state index contributed by atoms with van der Waals surface area (Å²) in [6, 6.07) is 3.75. The maximum Gasteiger partial charge on any atom is 0.141 e. The maximum absolute atomic E-state index is 12.9. The summed E-state index contributed by atoms with van der Waals surface area (Å²) in [4.78, 5) is 8.97. The molecule has 126 valence electrons. The normalized spacial score (nSPS) is 33.2. The summed E-state index contributed by atoms with van der Waals surface area (Å²) in [6.07, 6.45) is 6.30. The van der Waals surface area contributed by atoms with E-state index in [0.717, 1.165) is 44.1 Å². The van der Waals surface area contributed by atoms with Crippen LogP contribution in [0.15, 0.2) is 18.3 Å².